The fourth-order valence-electron chi connectivity index (χ4n) is 3.21. The Morgan fingerprint density at radius 1 is 0.769 bits per heavy atom. The van der Waals surface area contributed by atoms with Gasteiger partial charge in [0, 0.05) is 0 Å². The number of nitrogens with zero attached hydrogens (tertiary/aromatic N) is 3. The average molecular weight is 356 g/mol. The van der Waals surface area contributed by atoms with E-state index in [1.165, 1.54) is 11.1 Å². The van der Waals surface area contributed by atoms with E-state index in [-0.39, 0.29) is 5.25 Å². The van der Waals surface area contributed by atoms with Crippen LogP contribution in [0, 0.1) is 0 Å². The number of fused-ring (bicyclic) bond motifs is 3. The maximum absolute atomic E-state index is 4.62. The third kappa shape index (κ3) is 2.57. The lowest BCUT2D eigenvalue weighted by atomic mass is 10.0. The molecule has 4 nitrogen and oxygen atoms in total. The molecule has 0 fully saturated rings. The van der Waals surface area contributed by atoms with Gasteiger partial charge in [-0.2, -0.15) is 0 Å². The molecule has 5 heteroatoms. The van der Waals surface area contributed by atoms with E-state index < -0.39 is 0 Å². The predicted molar refractivity (Wildman–Crippen MR) is 105 cm³/mol. The maximum Gasteiger partial charge on any atom is 0.231 e. The van der Waals surface area contributed by atoms with Gasteiger partial charge in [-0.3, -0.25) is 4.40 Å². The van der Waals surface area contributed by atoms with E-state index in [9.17, 15) is 0 Å². The maximum atomic E-state index is 4.62. The zero-order chi connectivity index (χ0) is 17.3. The van der Waals surface area contributed by atoms with Crippen LogP contribution in [0.1, 0.15) is 16.4 Å². The fourth-order valence-corrected chi connectivity index (χ4v) is 4.40. The standard InChI is InChI=1S/C21H16N4S/c1-3-9-15(10-4-1)19(16-11-5-2-6-12-16)26-21-24-23-20-22-17-13-7-8-14-18(17)25(20)21/h1-14,19H,(H,22,23). The number of nitrogens with one attached hydrogen (secondary N) is 1. The molecule has 0 atom stereocenters. The smallest absolute Gasteiger partial charge is 0.231 e. The second kappa shape index (κ2) is 6.35. The summed E-state index contributed by atoms with van der Waals surface area (Å²) < 4.78 is 2.10. The third-order valence-corrected chi connectivity index (χ3v) is 5.70. The largest absolute Gasteiger partial charge is 0.254 e. The first-order valence-electron chi connectivity index (χ1n) is 8.48. The molecule has 0 radical (unpaired) electrons. The molecular weight excluding hydrogens is 340 g/mol. The molecule has 26 heavy (non-hydrogen) atoms. The number of imidazole rings is 1. The van der Waals surface area contributed by atoms with Gasteiger partial charge in [0.2, 0.25) is 5.78 Å². The van der Waals surface area contributed by atoms with Crippen molar-refractivity contribution in [3.8, 4) is 0 Å². The van der Waals surface area contributed by atoms with Gasteiger partial charge in [-0.15, -0.1) is 5.10 Å². The van der Waals surface area contributed by atoms with Crippen LogP contribution in [0.4, 0.5) is 0 Å². The minimum absolute atomic E-state index is 0.157. The topological polar surface area (TPSA) is 46.0 Å². The molecule has 0 aliphatic carbocycles. The second-order valence-corrected chi connectivity index (χ2v) is 7.16. The molecule has 0 unspecified atom stereocenters. The molecule has 0 bridgehead atoms. The van der Waals surface area contributed by atoms with Gasteiger partial charge >= 0.3 is 0 Å². The summed E-state index contributed by atoms with van der Waals surface area (Å²) in [5, 5.41) is 8.67. The van der Waals surface area contributed by atoms with Gasteiger partial charge in [0.15, 0.2) is 5.16 Å². The van der Waals surface area contributed by atoms with E-state index in [2.05, 4.69) is 74.2 Å². The number of H-pyrrole nitrogens is 1. The molecule has 0 aliphatic heterocycles. The highest BCUT2D eigenvalue weighted by Gasteiger charge is 2.20. The minimum Gasteiger partial charge on any atom is -0.254 e. The van der Waals surface area contributed by atoms with Gasteiger partial charge in [-0.1, -0.05) is 84.6 Å². The molecule has 0 saturated carbocycles. The average Bonchev–Trinajstić information content (AvgIpc) is 3.27. The Morgan fingerprint density at radius 3 is 2.08 bits per heavy atom. The van der Waals surface area contributed by atoms with Crippen molar-refractivity contribution in [3.63, 3.8) is 0 Å². The molecule has 0 spiro atoms. The van der Waals surface area contributed by atoms with Gasteiger partial charge in [0.1, 0.15) is 0 Å². The van der Waals surface area contributed by atoms with Crippen molar-refractivity contribution in [3.05, 3.63) is 96.1 Å². The Hall–Kier alpha value is -3.05. The molecule has 3 aromatic carbocycles. The van der Waals surface area contributed by atoms with Gasteiger partial charge in [0.25, 0.3) is 0 Å². The van der Waals surface area contributed by atoms with Crippen molar-refractivity contribution < 1.29 is 0 Å². The summed E-state index contributed by atoms with van der Waals surface area (Å²) in [4.78, 5) is 4.62. The number of aromatic amines is 1. The van der Waals surface area contributed by atoms with Gasteiger partial charge in [0.05, 0.1) is 16.3 Å². The van der Waals surface area contributed by atoms with Crippen LogP contribution < -0.4 is 0 Å². The Kier molecular flexibility index (Phi) is 3.72. The number of hydrogen-bond acceptors (Lipinski definition) is 3. The number of para-hydroxylation sites is 2. The van der Waals surface area contributed by atoms with Crippen molar-refractivity contribution in [2.24, 2.45) is 0 Å². The Bertz CT molecular complexity index is 1120. The van der Waals surface area contributed by atoms with Crippen molar-refractivity contribution in [1.82, 2.24) is 19.6 Å². The molecule has 126 valence electrons. The molecule has 0 amide bonds. The Morgan fingerprint density at radius 2 is 1.38 bits per heavy atom. The normalized spacial score (nSPS) is 11.6. The third-order valence-electron chi connectivity index (χ3n) is 4.43. The van der Waals surface area contributed by atoms with Crippen LogP contribution in [0.3, 0.4) is 0 Å². The lowest BCUT2D eigenvalue weighted by Crippen LogP contribution is -1.98. The SMILES string of the molecule is c1ccc(C(Sc2n[nH]c3nc4ccccc4n23)c2ccccc2)cc1. The Labute approximate surface area is 154 Å². The van der Waals surface area contributed by atoms with Gasteiger partial charge < -0.3 is 0 Å². The van der Waals surface area contributed by atoms with Gasteiger partial charge in [-0.05, 0) is 23.3 Å². The minimum atomic E-state index is 0.157. The number of rotatable bonds is 4. The van der Waals surface area contributed by atoms with Crippen LogP contribution >= 0.6 is 11.8 Å². The van der Waals surface area contributed by atoms with Crippen molar-refractivity contribution in [2.75, 3.05) is 0 Å². The second-order valence-electron chi connectivity index (χ2n) is 6.08. The predicted octanol–water partition coefficient (Wildman–Crippen LogP) is 5.09. The number of thioether (sulfide) groups is 1. The highest BCUT2D eigenvalue weighted by molar-refractivity contribution is 7.99. The molecule has 2 heterocycles. The highest BCUT2D eigenvalue weighted by Crippen LogP contribution is 2.40. The fraction of sp³-hybridized carbons (Fsp3) is 0.0476. The van der Waals surface area contributed by atoms with Crippen LogP contribution in [-0.4, -0.2) is 19.6 Å². The summed E-state index contributed by atoms with van der Waals surface area (Å²) >= 11 is 1.73. The molecule has 5 rings (SSSR count). The Balaban J connectivity index is 1.64. The van der Waals surface area contributed by atoms with Crippen LogP contribution in [0.2, 0.25) is 0 Å². The lowest BCUT2D eigenvalue weighted by molar-refractivity contribution is 0.933. The molecule has 5 aromatic rings. The summed E-state index contributed by atoms with van der Waals surface area (Å²) in [6.45, 7) is 0. The van der Waals surface area contributed by atoms with E-state index in [1.54, 1.807) is 11.8 Å². The molecular formula is C21H16N4S. The van der Waals surface area contributed by atoms with Crippen LogP contribution in [-0.2, 0) is 0 Å². The molecule has 2 aromatic heterocycles. The van der Waals surface area contributed by atoms with Crippen LogP contribution in [0.15, 0.2) is 90.1 Å². The van der Waals surface area contributed by atoms with Crippen molar-refractivity contribution in [2.45, 2.75) is 10.4 Å². The van der Waals surface area contributed by atoms with Crippen LogP contribution in [0.5, 0.6) is 0 Å². The van der Waals surface area contributed by atoms with E-state index in [1.807, 2.05) is 30.3 Å². The summed E-state index contributed by atoms with van der Waals surface area (Å²) in [5.41, 5.74) is 4.55. The quantitative estimate of drug-likeness (QED) is 0.456. The summed E-state index contributed by atoms with van der Waals surface area (Å²) in [6, 6.07) is 29.2. The van der Waals surface area contributed by atoms with Crippen molar-refractivity contribution in [1.29, 1.82) is 0 Å². The monoisotopic (exact) mass is 356 g/mol. The van der Waals surface area contributed by atoms with Crippen LogP contribution in [0.25, 0.3) is 16.8 Å². The zero-order valence-corrected chi connectivity index (χ0v) is 14.7. The molecule has 0 saturated heterocycles. The first-order valence-corrected chi connectivity index (χ1v) is 9.36. The van der Waals surface area contributed by atoms with E-state index >= 15 is 0 Å². The zero-order valence-electron chi connectivity index (χ0n) is 13.9. The first kappa shape index (κ1) is 15.2. The van der Waals surface area contributed by atoms with E-state index in [0.717, 1.165) is 22.0 Å². The van der Waals surface area contributed by atoms with E-state index in [4.69, 9.17) is 0 Å². The number of aromatic nitrogens is 4. The lowest BCUT2D eigenvalue weighted by Gasteiger charge is -2.16. The number of hydrogen-bond donors (Lipinski definition) is 1. The van der Waals surface area contributed by atoms with E-state index in [0.29, 0.717) is 0 Å². The highest BCUT2D eigenvalue weighted by atomic mass is 32.2. The summed E-state index contributed by atoms with van der Waals surface area (Å²) in [7, 11) is 0. The molecule has 0 aliphatic rings. The summed E-state index contributed by atoms with van der Waals surface area (Å²) in [6.07, 6.45) is 0. The summed E-state index contributed by atoms with van der Waals surface area (Å²) in [5.74, 6) is 0.772. The van der Waals surface area contributed by atoms with Crippen molar-refractivity contribution >= 4 is 28.6 Å². The molecule has 1 N–H and O–H groups in total. The van der Waals surface area contributed by atoms with Gasteiger partial charge in [-0.25, -0.2) is 10.1 Å². The first-order chi connectivity index (χ1) is 12.9. The number of benzene rings is 3.